The van der Waals surface area contributed by atoms with Crippen LogP contribution in [0, 0.1) is 20.8 Å². The van der Waals surface area contributed by atoms with Crippen molar-refractivity contribution < 1.29 is 4.79 Å². The highest BCUT2D eigenvalue weighted by molar-refractivity contribution is 6.44. The number of aromatic nitrogens is 1. The zero-order valence-electron chi connectivity index (χ0n) is 16.9. The second-order valence-corrected chi connectivity index (χ2v) is 8.24. The number of rotatable bonds is 3. The fourth-order valence-electron chi connectivity index (χ4n) is 3.53. The van der Waals surface area contributed by atoms with Gasteiger partial charge in [-0.2, -0.15) is 0 Å². The van der Waals surface area contributed by atoms with E-state index in [1.165, 1.54) is 5.56 Å². The van der Waals surface area contributed by atoms with E-state index >= 15 is 0 Å². The number of nitrogens with one attached hydrogen (secondary N) is 1. The van der Waals surface area contributed by atoms with Gasteiger partial charge in [0, 0.05) is 10.9 Å². The molecule has 0 bridgehead atoms. The van der Waals surface area contributed by atoms with Gasteiger partial charge in [-0.15, -0.1) is 0 Å². The second kappa shape index (κ2) is 8.10. The Hall–Kier alpha value is -2.88. The predicted molar refractivity (Wildman–Crippen MR) is 126 cm³/mol. The van der Waals surface area contributed by atoms with E-state index in [4.69, 9.17) is 28.2 Å². The molecule has 150 valence electrons. The van der Waals surface area contributed by atoms with Crippen LogP contribution in [0.1, 0.15) is 27.0 Å². The summed E-state index contributed by atoms with van der Waals surface area (Å²) in [6.07, 6.45) is 0. The van der Waals surface area contributed by atoms with Gasteiger partial charge in [-0.1, -0.05) is 70.7 Å². The number of amides is 1. The van der Waals surface area contributed by atoms with Gasteiger partial charge in [-0.3, -0.25) is 4.79 Å². The molecular weight excluding hydrogens is 415 g/mol. The summed E-state index contributed by atoms with van der Waals surface area (Å²) in [6.45, 7) is 6.06. The van der Waals surface area contributed by atoms with Crippen molar-refractivity contribution in [3.05, 3.63) is 93.0 Å². The first kappa shape index (κ1) is 20.4. The van der Waals surface area contributed by atoms with Crippen LogP contribution < -0.4 is 5.32 Å². The third kappa shape index (κ3) is 3.91. The lowest BCUT2D eigenvalue weighted by atomic mass is 9.99. The normalized spacial score (nSPS) is 11.0. The van der Waals surface area contributed by atoms with Gasteiger partial charge >= 0.3 is 0 Å². The van der Waals surface area contributed by atoms with Crippen LogP contribution in [0.2, 0.25) is 10.0 Å². The SMILES string of the molecule is Cc1ccc(-c2cc(C(=O)Nc3cccc(Cl)c3Cl)c3cc(C)cc(C)c3n2)cc1. The maximum absolute atomic E-state index is 13.3. The van der Waals surface area contributed by atoms with Gasteiger partial charge in [0.15, 0.2) is 0 Å². The minimum atomic E-state index is -0.259. The molecule has 3 nitrogen and oxygen atoms in total. The van der Waals surface area contributed by atoms with E-state index in [2.05, 4.69) is 11.4 Å². The van der Waals surface area contributed by atoms with Gasteiger partial charge in [0.2, 0.25) is 0 Å². The predicted octanol–water partition coefficient (Wildman–Crippen LogP) is 7.39. The minimum absolute atomic E-state index is 0.259. The maximum atomic E-state index is 13.3. The smallest absolute Gasteiger partial charge is 0.256 e. The van der Waals surface area contributed by atoms with E-state index in [0.717, 1.165) is 33.3 Å². The monoisotopic (exact) mass is 434 g/mol. The molecule has 0 aliphatic carbocycles. The lowest BCUT2D eigenvalue weighted by Crippen LogP contribution is -2.14. The van der Waals surface area contributed by atoms with Crippen molar-refractivity contribution in [1.29, 1.82) is 0 Å². The number of hydrogen-bond acceptors (Lipinski definition) is 2. The van der Waals surface area contributed by atoms with Gasteiger partial charge in [-0.25, -0.2) is 4.98 Å². The first-order valence-electron chi connectivity index (χ1n) is 9.58. The van der Waals surface area contributed by atoms with E-state index in [1.807, 2.05) is 57.2 Å². The summed E-state index contributed by atoms with van der Waals surface area (Å²) in [5.41, 5.74) is 6.78. The number of pyridine rings is 1. The van der Waals surface area contributed by atoms with Crippen LogP contribution in [0.15, 0.2) is 60.7 Å². The summed E-state index contributed by atoms with van der Waals surface area (Å²) in [6, 6.07) is 19.2. The molecule has 0 unspecified atom stereocenters. The summed E-state index contributed by atoms with van der Waals surface area (Å²) >= 11 is 12.4. The number of benzene rings is 3. The standard InChI is InChI=1S/C25H20Cl2N2O/c1-14-7-9-17(10-8-14)22-13-19(18-12-15(2)11-16(3)24(18)28-22)25(30)29-21-6-4-5-20(26)23(21)27/h4-13H,1-3H3,(H,29,30). The van der Waals surface area contributed by atoms with Crippen LogP contribution in [0.3, 0.4) is 0 Å². The molecule has 3 aromatic carbocycles. The summed E-state index contributed by atoms with van der Waals surface area (Å²) in [5.74, 6) is -0.259. The molecule has 30 heavy (non-hydrogen) atoms. The Labute approximate surface area is 185 Å². The van der Waals surface area contributed by atoms with Crippen molar-refractivity contribution in [3.63, 3.8) is 0 Å². The van der Waals surface area contributed by atoms with Crippen molar-refractivity contribution >= 4 is 45.7 Å². The lowest BCUT2D eigenvalue weighted by molar-refractivity contribution is 0.102. The molecule has 5 heteroatoms. The van der Waals surface area contributed by atoms with Crippen LogP contribution in [-0.2, 0) is 0 Å². The fourth-order valence-corrected chi connectivity index (χ4v) is 3.88. The van der Waals surface area contributed by atoms with E-state index in [9.17, 15) is 4.79 Å². The summed E-state index contributed by atoms with van der Waals surface area (Å²) in [7, 11) is 0. The molecule has 4 aromatic rings. The largest absolute Gasteiger partial charge is 0.321 e. The molecule has 1 heterocycles. The Morgan fingerprint density at radius 3 is 2.37 bits per heavy atom. The molecule has 1 N–H and O–H groups in total. The van der Waals surface area contributed by atoms with Crippen LogP contribution in [0.5, 0.6) is 0 Å². The average Bonchev–Trinajstić information content (AvgIpc) is 2.71. The second-order valence-electron chi connectivity index (χ2n) is 7.45. The molecule has 4 rings (SSSR count). The lowest BCUT2D eigenvalue weighted by Gasteiger charge is -2.14. The Bertz CT molecular complexity index is 1280. The molecular formula is C25H20Cl2N2O. The van der Waals surface area contributed by atoms with Gasteiger partial charge < -0.3 is 5.32 Å². The molecule has 0 radical (unpaired) electrons. The van der Waals surface area contributed by atoms with E-state index in [1.54, 1.807) is 18.2 Å². The number of nitrogens with zero attached hydrogens (tertiary/aromatic N) is 1. The summed E-state index contributed by atoms with van der Waals surface area (Å²) in [4.78, 5) is 18.2. The first-order chi connectivity index (χ1) is 14.3. The number of anilines is 1. The maximum Gasteiger partial charge on any atom is 0.256 e. The Kier molecular flexibility index (Phi) is 5.50. The quantitative estimate of drug-likeness (QED) is 0.365. The van der Waals surface area contributed by atoms with E-state index < -0.39 is 0 Å². The van der Waals surface area contributed by atoms with E-state index in [0.29, 0.717) is 21.3 Å². The summed E-state index contributed by atoms with van der Waals surface area (Å²) in [5, 5.41) is 4.41. The molecule has 0 aliphatic rings. The highest BCUT2D eigenvalue weighted by Crippen LogP contribution is 2.32. The molecule has 0 aliphatic heterocycles. The number of carbonyl (C=O) groups is 1. The molecule has 1 aromatic heterocycles. The minimum Gasteiger partial charge on any atom is -0.321 e. The van der Waals surface area contributed by atoms with Crippen molar-refractivity contribution in [2.75, 3.05) is 5.32 Å². The number of aryl methyl sites for hydroxylation is 3. The topological polar surface area (TPSA) is 42.0 Å². The zero-order chi connectivity index (χ0) is 21.4. The Balaban J connectivity index is 1.89. The van der Waals surface area contributed by atoms with Crippen LogP contribution in [-0.4, -0.2) is 10.9 Å². The molecule has 0 atom stereocenters. The van der Waals surface area contributed by atoms with E-state index in [-0.39, 0.29) is 5.91 Å². The number of fused-ring (bicyclic) bond motifs is 1. The highest BCUT2D eigenvalue weighted by Gasteiger charge is 2.17. The molecule has 0 saturated carbocycles. The number of carbonyl (C=O) groups excluding carboxylic acids is 1. The molecule has 0 saturated heterocycles. The number of hydrogen-bond donors (Lipinski definition) is 1. The van der Waals surface area contributed by atoms with Crippen molar-refractivity contribution in [2.45, 2.75) is 20.8 Å². The molecule has 1 amide bonds. The van der Waals surface area contributed by atoms with Gasteiger partial charge in [0.1, 0.15) is 0 Å². The number of halogens is 2. The third-order valence-corrected chi connectivity index (χ3v) is 5.86. The Morgan fingerprint density at radius 2 is 1.63 bits per heavy atom. The van der Waals surface area contributed by atoms with Gasteiger partial charge in [0.05, 0.1) is 32.5 Å². The zero-order valence-corrected chi connectivity index (χ0v) is 18.4. The van der Waals surface area contributed by atoms with Crippen LogP contribution in [0.4, 0.5) is 5.69 Å². The van der Waals surface area contributed by atoms with Crippen molar-refractivity contribution in [1.82, 2.24) is 4.98 Å². The van der Waals surface area contributed by atoms with Crippen LogP contribution in [0.25, 0.3) is 22.2 Å². The molecule has 0 fully saturated rings. The Morgan fingerprint density at radius 1 is 0.900 bits per heavy atom. The summed E-state index contributed by atoms with van der Waals surface area (Å²) < 4.78 is 0. The fraction of sp³-hybridized carbons (Fsp3) is 0.120. The average molecular weight is 435 g/mol. The first-order valence-corrected chi connectivity index (χ1v) is 10.3. The van der Waals surface area contributed by atoms with Gasteiger partial charge in [0.25, 0.3) is 5.91 Å². The van der Waals surface area contributed by atoms with Crippen molar-refractivity contribution in [3.8, 4) is 11.3 Å². The third-order valence-electron chi connectivity index (χ3n) is 5.04. The highest BCUT2D eigenvalue weighted by atomic mass is 35.5. The van der Waals surface area contributed by atoms with Crippen molar-refractivity contribution in [2.24, 2.45) is 0 Å². The van der Waals surface area contributed by atoms with Gasteiger partial charge in [-0.05, 0) is 50.6 Å². The van der Waals surface area contributed by atoms with Crippen LogP contribution >= 0.6 is 23.2 Å². The molecule has 0 spiro atoms.